The summed E-state index contributed by atoms with van der Waals surface area (Å²) in [5.74, 6) is 0.442. The van der Waals surface area contributed by atoms with Crippen LogP contribution in [0.2, 0.25) is 0 Å². The van der Waals surface area contributed by atoms with E-state index >= 15 is 0 Å². The summed E-state index contributed by atoms with van der Waals surface area (Å²) < 4.78 is 5.09. The van der Waals surface area contributed by atoms with Crippen LogP contribution in [0.4, 0.5) is 4.79 Å². The first-order valence-corrected chi connectivity index (χ1v) is 4.82. The van der Waals surface area contributed by atoms with Gasteiger partial charge in [-0.25, -0.2) is 9.86 Å². The summed E-state index contributed by atoms with van der Waals surface area (Å²) >= 11 is 0. The molecular weight excluding hydrogens is 200 g/mol. The fourth-order valence-corrected chi connectivity index (χ4v) is 2.23. The molecule has 1 unspecified atom stereocenters. The summed E-state index contributed by atoms with van der Waals surface area (Å²) in [7, 11) is 0. The normalized spacial score (nSPS) is 30.1. The van der Waals surface area contributed by atoms with E-state index in [-0.39, 0.29) is 18.1 Å². The van der Waals surface area contributed by atoms with E-state index in [1.165, 1.54) is 6.39 Å². The highest BCUT2D eigenvalue weighted by atomic mass is 16.5. The summed E-state index contributed by atoms with van der Waals surface area (Å²) in [5.41, 5.74) is 0. The summed E-state index contributed by atoms with van der Waals surface area (Å²) in [6.07, 6.45) is 2.75. The Labute approximate surface area is 85.2 Å². The van der Waals surface area contributed by atoms with Crippen molar-refractivity contribution in [2.45, 2.75) is 24.9 Å². The zero-order chi connectivity index (χ0) is 10.4. The second-order valence-corrected chi connectivity index (χ2v) is 3.80. The molecule has 15 heavy (non-hydrogen) atoms. The van der Waals surface area contributed by atoms with E-state index in [0.717, 1.165) is 17.9 Å². The lowest BCUT2D eigenvalue weighted by Gasteiger charge is -2.27. The standard InChI is InChI=1S/C8H10N4O3/c13-8-11-3-5(12(8)14)1-2-6(11)7-10-9-4-15-7/h4-6,14H,1-3H2/t5?,6-/m0/s1. The van der Waals surface area contributed by atoms with Crippen LogP contribution < -0.4 is 0 Å². The van der Waals surface area contributed by atoms with Crippen LogP contribution in [0.25, 0.3) is 0 Å². The van der Waals surface area contributed by atoms with Crippen molar-refractivity contribution in [1.82, 2.24) is 20.2 Å². The van der Waals surface area contributed by atoms with Crippen LogP contribution in [0.1, 0.15) is 24.8 Å². The van der Waals surface area contributed by atoms with E-state index in [1.807, 2.05) is 0 Å². The highest BCUT2D eigenvalue weighted by Crippen LogP contribution is 2.36. The van der Waals surface area contributed by atoms with Crippen molar-refractivity contribution in [2.75, 3.05) is 6.54 Å². The third kappa shape index (κ3) is 1.13. The largest absolute Gasteiger partial charge is 0.426 e. The molecular formula is C8H10N4O3. The van der Waals surface area contributed by atoms with Crippen LogP contribution >= 0.6 is 0 Å². The van der Waals surface area contributed by atoms with Crippen molar-refractivity contribution in [3.63, 3.8) is 0 Å². The first-order valence-electron chi connectivity index (χ1n) is 4.82. The fraction of sp³-hybridized carbons (Fsp3) is 0.625. The average Bonchev–Trinajstić information content (AvgIpc) is 2.85. The lowest BCUT2D eigenvalue weighted by Crippen LogP contribution is -2.34. The first-order chi connectivity index (χ1) is 7.27. The smallest absolute Gasteiger partial charge is 0.344 e. The zero-order valence-corrected chi connectivity index (χ0v) is 7.91. The summed E-state index contributed by atoms with van der Waals surface area (Å²) in [6, 6.07) is -0.647. The third-order valence-corrected chi connectivity index (χ3v) is 3.01. The molecule has 2 amide bonds. The van der Waals surface area contributed by atoms with Crippen LogP contribution in [0, 0.1) is 0 Å². The molecule has 3 rings (SSSR count). The molecule has 2 aliphatic heterocycles. The number of urea groups is 1. The highest BCUT2D eigenvalue weighted by Gasteiger charge is 2.46. The van der Waals surface area contributed by atoms with Crippen molar-refractivity contribution in [2.24, 2.45) is 0 Å². The molecule has 2 fully saturated rings. The predicted molar refractivity (Wildman–Crippen MR) is 45.8 cm³/mol. The molecule has 1 aromatic rings. The second kappa shape index (κ2) is 2.93. The van der Waals surface area contributed by atoms with Gasteiger partial charge in [-0.2, -0.15) is 0 Å². The van der Waals surface area contributed by atoms with Gasteiger partial charge in [0.15, 0.2) is 0 Å². The summed E-state index contributed by atoms with van der Waals surface area (Å²) in [5, 5.41) is 17.7. The molecule has 1 N–H and O–H groups in total. The van der Waals surface area contributed by atoms with Crippen LogP contribution in [-0.2, 0) is 0 Å². The van der Waals surface area contributed by atoms with Gasteiger partial charge in [0.05, 0.1) is 6.04 Å². The second-order valence-electron chi connectivity index (χ2n) is 3.80. The fourth-order valence-electron chi connectivity index (χ4n) is 2.23. The van der Waals surface area contributed by atoms with E-state index in [0.29, 0.717) is 12.4 Å². The Bertz CT molecular complexity index is 379. The van der Waals surface area contributed by atoms with Crippen LogP contribution in [0.3, 0.4) is 0 Å². The maximum absolute atomic E-state index is 11.6. The number of fused-ring (bicyclic) bond motifs is 2. The van der Waals surface area contributed by atoms with Gasteiger partial charge in [0.1, 0.15) is 6.04 Å². The van der Waals surface area contributed by atoms with Crippen molar-refractivity contribution < 1.29 is 14.4 Å². The molecule has 3 heterocycles. The molecule has 2 aliphatic rings. The van der Waals surface area contributed by atoms with Gasteiger partial charge in [-0.15, -0.1) is 10.2 Å². The van der Waals surface area contributed by atoms with Gasteiger partial charge in [0, 0.05) is 6.54 Å². The van der Waals surface area contributed by atoms with E-state index in [2.05, 4.69) is 10.2 Å². The Morgan fingerprint density at radius 2 is 2.40 bits per heavy atom. The molecule has 2 atom stereocenters. The Morgan fingerprint density at radius 1 is 1.53 bits per heavy atom. The van der Waals surface area contributed by atoms with Gasteiger partial charge in [0.2, 0.25) is 12.3 Å². The van der Waals surface area contributed by atoms with Crippen LogP contribution in [-0.4, -0.2) is 44.0 Å². The van der Waals surface area contributed by atoms with Gasteiger partial charge in [-0.1, -0.05) is 0 Å². The predicted octanol–water partition coefficient (Wildman–Crippen LogP) is 0.400. The van der Waals surface area contributed by atoms with Gasteiger partial charge in [0.25, 0.3) is 0 Å². The lowest BCUT2D eigenvalue weighted by molar-refractivity contribution is -0.0584. The van der Waals surface area contributed by atoms with Gasteiger partial charge < -0.3 is 9.32 Å². The molecule has 0 saturated carbocycles. The Balaban J connectivity index is 1.91. The molecule has 2 bridgehead atoms. The number of hydroxylamine groups is 2. The molecule has 2 saturated heterocycles. The quantitative estimate of drug-likeness (QED) is 0.678. The van der Waals surface area contributed by atoms with E-state index < -0.39 is 0 Å². The number of piperidine rings is 1. The monoisotopic (exact) mass is 210 g/mol. The molecule has 0 radical (unpaired) electrons. The van der Waals surface area contributed by atoms with Crippen molar-refractivity contribution in [3.05, 3.63) is 12.3 Å². The minimum absolute atomic E-state index is 0.0864. The minimum atomic E-state index is -0.374. The number of hydrogen-bond acceptors (Lipinski definition) is 5. The lowest BCUT2D eigenvalue weighted by atomic mass is 10.0. The molecule has 0 aromatic carbocycles. The van der Waals surface area contributed by atoms with Gasteiger partial charge >= 0.3 is 6.03 Å². The van der Waals surface area contributed by atoms with Crippen molar-refractivity contribution >= 4 is 6.03 Å². The molecule has 0 spiro atoms. The molecule has 80 valence electrons. The topological polar surface area (TPSA) is 82.7 Å². The Hall–Kier alpha value is -1.63. The molecule has 7 nitrogen and oxygen atoms in total. The first kappa shape index (κ1) is 8.66. The van der Waals surface area contributed by atoms with Crippen molar-refractivity contribution in [1.29, 1.82) is 0 Å². The summed E-state index contributed by atoms with van der Waals surface area (Å²) in [4.78, 5) is 13.2. The van der Waals surface area contributed by atoms with Gasteiger partial charge in [-0.3, -0.25) is 5.21 Å². The number of carbonyl (C=O) groups is 1. The molecule has 7 heteroatoms. The number of aromatic nitrogens is 2. The third-order valence-electron chi connectivity index (χ3n) is 3.01. The SMILES string of the molecule is O=C1N(O)C2CC[C@@H](c3nnco3)N1C2. The zero-order valence-electron chi connectivity index (χ0n) is 7.91. The number of amides is 2. The van der Waals surface area contributed by atoms with Gasteiger partial charge in [-0.05, 0) is 12.8 Å². The summed E-state index contributed by atoms with van der Waals surface area (Å²) in [6.45, 7) is 0.530. The maximum atomic E-state index is 11.6. The Kier molecular flexibility index (Phi) is 1.69. The van der Waals surface area contributed by atoms with E-state index in [4.69, 9.17) is 4.42 Å². The molecule has 0 aliphatic carbocycles. The Morgan fingerprint density at radius 3 is 3.13 bits per heavy atom. The average molecular weight is 210 g/mol. The number of nitrogens with zero attached hydrogens (tertiary/aromatic N) is 4. The van der Waals surface area contributed by atoms with Crippen LogP contribution in [0.5, 0.6) is 0 Å². The number of rotatable bonds is 1. The van der Waals surface area contributed by atoms with E-state index in [1.54, 1.807) is 4.90 Å². The minimum Gasteiger partial charge on any atom is -0.426 e. The molecule has 1 aromatic heterocycles. The number of hydrogen-bond donors (Lipinski definition) is 1. The van der Waals surface area contributed by atoms with E-state index in [9.17, 15) is 10.0 Å². The number of carbonyl (C=O) groups excluding carboxylic acids is 1. The van der Waals surface area contributed by atoms with Crippen LogP contribution in [0.15, 0.2) is 10.8 Å². The highest BCUT2D eigenvalue weighted by molar-refractivity contribution is 5.76. The maximum Gasteiger partial charge on any atom is 0.344 e. The van der Waals surface area contributed by atoms with Crippen molar-refractivity contribution in [3.8, 4) is 0 Å².